The van der Waals surface area contributed by atoms with Crippen molar-refractivity contribution >= 4 is 0 Å². The number of aliphatic hydroxyl groups is 3. The Morgan fingerprint density at radius 2 is 1.88 bits per heavy atom. The zero-order valence-corrected chi connectivity index (χ0v) is 9.28. The van der Waals surface area contributed by atoms with Gasteiger partial charge in [-0.25, -0.2) is 0 Å². The number of hydrogen-bond donors (Lipinski definition) is 3. The Hall–Kier alpha value is -0.280. The van der Waals surface area contributed by atoms with Gasteiger partial charge in [-0.1, -0.05) is 0 Å². The van der Waals surface area contributed by atoms with Crippen LogP contribution in [0.2, 0.25) is 0 Å². The lowest BCUT2D eigenvalue weighted by Gasteiger charge is -2.41. The molecule has 7 nitrogen and oxygen atoms in total. The van der Waals surface area contributed by atoms with E-state index in [1.54, 1.807) is 0 Å². The van der Waals surface area contributed by atoms with Crippen LogP contribution in [0.4, 0.5) is 0 Å². The second-order valence-electron chi connectivity index (χ2n) is 3.48. The van der Waals surface area contributed by atoms with E-state index in [0.29, 0.717) is 0 Å². The summed E-state index contributed by atoms with van der Waals surface area (Å²) in [6.45, 7) is -0.413. The van der Waals surface area contributed by atoms with Crippen molar-refractivity contribution in [3.63, 3.8) is 0 Å². The summed E-state index contributed by atoms with van der Waals surface area (Å²) >= 11 is 0. The summed E-state index contributed by atoms with van der Waals surface area (Å²) in [6.07, 6.45) is -5.03. The van der Waals surface area contributed by atoms with Crippen molar-refractivity contribution in [2.75, 3.05) is 27.6 Å². The minimum atomic E-state index is -1.23. The van der Waals surface area contributed by atoms with Crippen molar-refractivity contribution in [2.24, 2.45) is 0 Å². The van der Waals surface area contributed by atoms with E-state index in [0.717, 1.165) is 0 Å². The number of methoxy groups -OCH3 is 2. The van der Waals surface area contributed by atoms with Crippen molar-refractivity contribution in [2.45, 2.75) is 30.7 Å². The van der Waals surface area contributed by atoms with E-state index in [1.165, 1.54) is 14.2 Å². The Labute approximate surface area is 93.5 Å². The fourth-order valence-corrected chi connectivity index (χ4v) is 1.60. The summed E-state index contributed by atoms with van der Waals surface area (Å²) < 4.78 is 19.9. The van der Waals surface area contributed by atoms with Gasteiger partial charge in [-0.2, -0.15) is 0 Å². The predicted octanol–water partition coefficient (Wildman–Crippen LogP) is -1.94. The Bertz CT molecular complexity index is 198. The highest BCUT2D eigenvalue weighted by Crippen LogP contribution is 2.23. The quantitative estimate of drug-likeness (QED) is 0.479. The molecule has 0 saturated carbocycles. The zero-order valence-electron chi connectivity index (χ0n) is 9.28. The molecule has 1 heterocycles. The van der Waals surface area contributed by atoms with E-state index in [4.69, 9.17) is 24.1 Å². The van der Waals surface area contributed by atoms with Crippen LogP contribution in [0.1, 0.15) is 0 Å². The van der Waals surface area contributed by atoms with Gasteiger partial charge in [0.25, 0.3) is 0 Å². The van der Waals surface area contributed by atoms with Crippen LogP contribution in [0.5, 0.6) is 0 Å². The molecule has 5 atom stereocenters. The van der Waals surface area contributed by atoms with E-state index in [1.807, 2.05) is 0 Å². The first-order valence-corrected chi connectivity index (χ1v) is 4.91. The summed E-state index contributed by atoms with van der Waals surface area (Å²) in [7, 11) is 2.77. The molecule has 0 aromatic heterocycles. The van der Waals surface area contributed by atoms with Crippen LogP contribution in [-0.4, -0.2) is 73.6 Å². The standard InChI is InChI=1S/C9H18O7/c1-13-4-15-8-5(3-10)16-9(14-2)7(12)6(8)11/h5-12H,3-4H2,1-2H3. The maximum absolute atomic E-state index is 9.77. The van der Waals surface area contributed by atoms with E-state index in [-0.39, 0.29) is 13.4 Å². The summed E-state index contributed by atoms with van der Waals surface area (Å²) in [4.78, 5) is 0. The molecule has 16 heavy (non-hydrogen) atoms. The van der Waals surface area contributed by atoms with Crippen LogP contribution in [0.25, 0.3) is 0 Å². The second-order valence-corrected chi connectivity index (χ2v) is 3.48. The molecule has 0 spiro atoms. The average Bonchev–Trinajstić information content (AvgIpc) is 2.31. The monoisotopic (exact) mass is 238 g/mol. The lowest BCUT2D eigenvalue weighted by molar-refractivity contribution is -0.308. The van der Waals surface area contributed by atoms with Crippen molar-refractivity contribution in [1.82, 2.24) is 0 Å². The molecule has 0 radical (unpaired) electrons. The largest absolute Gasteiger partial charge is 0.394 e. The summed E-state index contributed by atoms with van der Waals surface area (Å²) in [5.41, 5.74) is 0. The zero-order chi connectivity index (χ0) is 12.1. The Kier molecular flexibility index (Phi) is 5.56. The van der Waals surface area contributed by atoms with Gasteiger partial charge in [-0.05, 0) is 0 Å². The molecular weight excluding hydrogens is 220 g/mol. The summed E-state index contributed by atoms with van der Waals surface area (Å²) in [5, 5.41) is 28.5. The van der Waals surface area contributed by atoms with E-state index >= 15 is 0 Å². The third kappa shape index (κ3) is 2.89. The van der Waals surface area contributed by atoms with E-state index in [2.05, 4.69) is 0 Å². The van der Waals surface area contributed by atoms with Crippen molar-refractivity contribution in [3.05, 3.63) is 0 Å². The minimum absolute atomic E-state index is 0.0635. The molecule has 1 fully saturated rings. The number of hydrogen-bond acceptors (Lipinski definition) is 7. The van der Waals surface area contributed by atoms with Gasteiger partial charge >= 0.3 is 0 Å². The van der Waals surface area contributed by atoms with Gasteiger partial charge in [0.2, 0.25) is 0 Å². The van der Waals surface area contributed by atoms with Crippen molar-refractivity contribution in [3.8, 4) is 0 Å². The van der Waals surface area contributed by atoms with Crippen molar-refractivity contribution < 1.29 is 34.3 Å². The van der Waals surface area contributed by atoms with Gasteiger partial charge in [-0.3, -0.25) is 0 Å². The first kappa shape index (κ1) is 13.8. The molecule has 0 aliphatic carbocycles. The number of aliphatic hydroxyl groups excluding tert-OH is 3. The van der Waals surface area contributed by atoms with Crippen LogP contribution in [-0.2, 0) is 18.9 Å². The molecular formula is C9H18O7. The van der Waals surface area contributed by atoms with Gasteiger partial charge in [-0.15, -0.1) is 0 Å². The summed E-state index contributed by atoms with van der Waals surface area (Å²) in [5.74, 6) is 0. The fraction of sp³-hybridized carbons (Fsp3) is 1.00. The highest BCUT2D eigenvalue weighted by molar-refractivity contribution is 4.89. The molecule has 0 amide bonds. The molecule has 0 aromatic carbocycles. The number of rotatable bonds is 5. The third-order valence-electron chi connectivity index (χ3n) is 2.43. The molecule has 96 valence electrons. The molecule has 3 N–H and O–H groups in total. The second kappa shape index (κ2) is 6.45. The minimum Gasteiger partial charge on any atom is -0.394 e. The smallest absolute Gasteiger partial charge is 0.186 e. The SMILES string of the molecule is COCOC1C(CO)OC(OC)C(O)C1O. The predicted molar refractivity (Wildman–Crippen MR) is 51.5 cm³/mol. The topological polar surface area (TPSA) is 97.6 Å². The molecule has 1 rings (SSSR count). The molecule has 1 aliphatic heterocycles. The van der Waals surface area contributed by atoms with Crippen LogP contribution in [0.15, 0.2) is 0 Å². The Morgan fingerprint density at radius 3 is 2.38 bits per heavy atom. The first-order valence-electron chi connectivity index (χ1n) is 4.91. The maximum Gasteiger partial charge on any atom is 0.186 e. The molecule has 5 unspecified atom stereocenters. The molecule has 1 aliphatic rings. The van der Waals surface area contributed by atoms with Gasteiger partial charge in [0, 0.05) is 14.2 Å². The van der Waals surface area contributed by atoms with Gasteiger partial charge < -0.3 is 34.3 Å². The Balaban J connectivity index is 2.65. The summed E-state index contributed by atoms with van der Waals surface area (Å²) in [6, 6.07) is 0. The van der Waals surface area contributed by atoms with Crippen LogP contribution in [0.3, 0.4) is 0 Å². The maximum atomic E-state index is 9.77. The van der Waals surface area contributed by atoms with E-state index in [9.17, 15) is 10.2 Å². The fourth-order valence-electron chi connectivity index (χ4n) is 1.60. The van der Waals surface area contributed by atoms with Crippen LogP contribution in [0, 0.1) is 0 Å². The molecule has 7 heteroatoms. The van der Waals surface area contributed by atoms with Gasteiger partial charge in [0.15, 0.2) is 6.29 Å². The average molecular weight is 238 g/mol. The van der Waals surface area contributed by atoms with E-state index < -0.39 is 30.7 Å². The third-order valence-corrected chi connectivity index (χ3v) is 2.43. The van der Waals surface area contributed by atoms with Gasteiger partial charge in [0.05, 0.1) is 6.61 Å². The number of ether oxygens (including phenoxy) is 4. The van der Waals surface area contributed by atoms with Crippen LogP contribution >= 0.6 is 0 Å². The Morgan fingerprint density at radius 1 is 1.19 bits per heavy atom. The molecule has 0 aromatic rings. The molecule has 1 saturated heterocycles. The highest BCUT2D eigenvalue weighted by atomic mass is 16.7. The lowest BCUT2D eigenvalue weighted by atomic mass is 9.99. The van der Waals surface area contributed by atoms with Gasteiger partial charge in [0.1, 0.15) is 31.2 Å². The highest BCUT2D eigenvalue weighted by Gasteiger charge is 2.45. The molecule has 0 bridgehead atoms. The van der Waals surface area contributed by atoms with Crippen LogP contribution < -0.4 is 0 Å². The normalized spacial score (nSPS) is 39.9. The van der Waals surface area contributed by atoms with Crippen molar-refractivity contribution in [1.29, 1.82) is 0 Å². The first-order chi connectivity index (χ1) is 7.65. The lowest BCUT2D eigenvalue weighted by Crippen LogP contribution is -2.59.